The third-order valence-electron chi connectivity index (χ3n) is 10.4. The molecule has 1 unspecified atom stereocenters. The quantitative estimate of drug-likeness (QED) is 0.0200. The second kappa shape index (κ2) is 49.2. The highest BCUT2D eigenvalue weighted by molar-refractivity contribution is 5.71. The molecule has 0 rings (SSSR count). The summed E-state index contributed by atoms with van der Waals surface area (Å²) in [4.78, 5) is 37.9. The summed E-state index contributed by atoms with van der Waals surface area (Å²) in [5.41, 5.74) is 0. The van der Waals surface area contributed by atoms with E-state index >= 15 is 0 Å². The Morgan fingerprint density at radius 2 is 0.689 bits per heavy atom. The molecule has 348 valence electrons. The molecule has 0 aromatic carbocycles. The van der Waals surface area contributed by atoms with Crippen molar-refractivity contribution in [1.29, 1.82) is 0 Å². The largest absolute Gasteiger partial charge is 0.462 e. The van der Waals surface area contributed by atoms with Crippen LogP contribution in [-0.2, 0) is 28.6 Å². The Balaban J connectivity index is 4.46. The first-order chi connectivity index (χ1) is 30.0. The van der Waals surface area contributed by atoms with Crippen molar-refractivity contribution in [2.75, 3.05) is 13.2 Å². The second-order valence-corrected chi connectivity index (χ2v) is 16.3. The maximum absolute atomic E-state index is 12.8. The lowest BCUT2D eigenvalue weighted by atomic mass is 10.1. The summed E-state index contributed by atoms with van der Waals surface area (Å²) in [6.07, 6.45) is 62.7. The van der Waals surface area contributed by atoms with Crippen LogP contribution in [0.3, 0.4) is 0 Å². The summed E-state index contributed by atoms with van der Waals surface area (Å²) in [6, 6.07) is 0. The van der Waals surface area contributed by atoms with E-state index in [1.165, 1.54) is 70.6 Å². The van der Waals surface area contributed by atoms with Crippen LogP contribution in [0.2, 0.25) is 0 Å². The van der Waals surface area contributed by atoms with Gasteiger partial charge in [-0.2, -0.15) is 0 Å². The molecule has 0 N–H and O–H groups in total. The fourth-order valence-corrected chi connectivity index (χ4v) is 6.66. The van der Waals surface area contributed by atoms with E-state index in [-0.39, 0.29) is 31.1 Å². The molecule has 0 aliphatic carbocycles. The van der Waals surface area contributed by atoms with Crippen LogP contribution in [0, 0.1) is 0 Å². The molecular formula is C55H92O6. The molecule has 0 aliphatic rings. The van der Waals surface area contributed by atoms with E-state index in [1.807, 2.05) is 0 Å². The van der Waals surface area contributed by atoms with E-state index < -0.39 is 6.10 Å². The number of ether oxygens (including phenoxy) is 3. The number of esters is 3. The van der Waals surface area contributed by atoms with Crippen LogP contribution in [0.15, 0.2) is 85.1 Å². The number of hydrogen-bond acceptors (Lipinski definition) is 6. The van der Waals surface area contributed by atoms with Gasteiger partial charge in [0.2, 0.25) is 0 Å². The zero-order valence-electron chi connectivity index (χ0n) is 39.7. The number of allylic oxidation sites excluding steroid dienone is 14. The van der Waals surface area contributed by atoms with E-state index in [1.54, 1.807) is 0 Å². The number of unbranched alkanes of at least 4 members (excludes halogenated alkanes) is 20. The van der Waals surface area contributed by atoms with Gasteiger partial charge in [0.05, 0.1) is 0 Å². The molecule has 0 saturated carbocycles. The van der Waals surface area contributed by atoms with Crippen LogP contribution in [0.25, 0.3) is 0 Å². The molecule has 6 heteroatoms. The van der Waals surface area contributed by atoms with Gasteiger partial charge in [-0.25, -0.2) is 0 Å². The minimum atomic E-state index is -0.796. The second-order valence-electron chi connectivity index (χ2n) is 16.3. The Morgan fingerprint density at radius 1 is 0.361 bits per heavy atom. The molecule has 0 aromatic heterocycles. The number of hydrogen-bond donors (Lipinski definition) is 0. The van der Waals surface area contributed by atoms with Crippen molar-refractivity contribution in [2.24, 2.45) is 0 Å². The molecule has 0 bridgehead atoms. The van der Waals surface area contributed by atoms with Crippen LogP contribution in [0.5, 0.6) is 0 Å². The summed E-state index contributed by atoms with van der Waals surface area (Å²) in [5.74, 6) is -0.939. The average molecular weight is 849 g/mol. The first-order valence-electron chi connectivity index (χ1n) is 25.1. The summed E-state index contributed by atoms with van der Waals surface area (Å²) in [7, 11) is 0. The van der Waals surface area contributed by atoms with Crippen molar-refractivity contribution < 1.29 is 28.6 Å². The van der Waals surface area contributed by atoms with Gasteiger partial charge >= 0.3 is 17.9 Å². The van der Waals surface area contributed by atoms with E-state index in [0.29, 0.717) is 19.3 Å². The van der Waals surface area contributed by atoms with Crippen molar-refractivity contribution in [1.82, 2.24) is 0 Å². The van der Waals surface area contributed by atoms with Crippen molar-refractivity contribution in [3.63, 3.8) is 0 Å². The summed E-state index contributed by atoms with van der Waals surface area (Å²) in [6.45, 7) is 6.34. The summed E-state index contributed by atoms with van der Waals surface area (Å²) >= 11 is 0. The molecule has 0 fully saturated rings. The summed E-state index contributed by atoms with van der Waals surface area (Å²) in [5, 5.41) is 0. The monoisotopic (exact) mass is 849 g/mol. The molecule has 0 saturated heterocycles. The molecule has 0 aromatic rings. The average Bonchev–Trinajstić information content (AvgIpc) is 3.26. The lowest BCUT2D eigenvalue weighted by Gasteiger charge is -2.18. The Morgan fingerprint density at radius 3 is 1.10 bits per heavy atom. The van der Waals surface area contributed by atoms with Crippen molar-refractivity contribution in [3.8, 4) is 0 Å². The highest BCUT2D eigenvalue weighted by Crippen LogP contribution is 2.13. The first kappa shape index (κ1) is 57.6. The standard InChI is InChI=1S/C55H92O6/c1-4-7-10-13-16-19-22-25-28-31-33-36-39-42-45-48-54(57)60-51-52(61-55(58)49-46-43-40-37-34-30-27-24-21-18-15-12-9-6-3)50-59-53(56)47-44-41-38-35-32-29-26-23-20-17-14-11-8-5-2/h8-9,11-12,16-22,25,27,30,52H,4-7,10,13-15,23-24,26,28-29,31-51H2,1-3H3/b11-8-,12-9-,19-16-,20-17-,21-18-,25-22-,30-27-. The van der Waals surface area contributed by atoms with Crippen molar-refractivity contribution in [2.45, 2.75) is 232 Å². The van der Waals surface area contributed by atoms with Crippen LogP contribution in [0.4, 0.5) is 0 Å². The smallest absolute Gasteiger partial charge is 0.306 e. The molecule has 0 spiro atoms. The minimum Gasteiger partial charge on any atom is -0.462 e. The van der Waals surface area contributed by atoms with Crippen LogP contribution in [0.1, 0.15) is 226 Å². The number of carbonyl (C=O) groups excluding carboxylic acids is 3. The first-order valence-corrected chi connectivity index (χ1v) is 25.1. The molecule has 61 heavy (non-hydrogen) atoms. The normalized spacial score (nSPS) is 12.8. The fraction of sp³-hybridized carbons (Fsp3) is 0.691. The predicted octanol–water partition coefficient (Wildman–Crippen LogP) is 16.4. The molecule has 0 heterocycles. The zero-order valence-corrected chi connectivity index (χ0v) is 39.7. The van der Waals surface area contributed by atoms with Gasteiger partial charge in [0.25, 0.3) is 0 Å². The van der Waals surface area contributed by atoms with Gasteiger partial charge in [-0.3, -0.25) is 14.4 Å². The van der Waals surface area contributed by atoms with Gasteiger partial charge in [-0.15, -0.1) is 0 Å². The molecule has 6 nitrogen and oxygen atoms in total. The lowest BCUT2D eigenvalue weighted by molar-refractivity contribution is -0.167. The van der Waals surface area contributed by atoms with E-state index in [9.17, 15) is 14.4 Å². The molecule has 1 atom stereocenters. The number of rotatable bonds is 44. The van der Waals surface area contributed by atoms with Gasteiger partial charge in [0.1, 0.15) is 13.2 Å². The fourth-order valence-electron chi connectivity index (χ4n) is 6.66. The van der Waals surface area contributed by atoms with Gasteiger partial charge in [-0.1, -0.05) is 189 Å². The molecule has 0 amide bonds. The maximum Gasteiger partial charge on any atom is 0.306 e. The maximum atomic E-state index is 12.8. The Kier molecular flexibility index (Phi) is 46.5. The third-order valence-corrected chi connectivity index (χ3v) is 10.4. The van der Waals surface area contributed by atoms with E-state index in [2.05, 4.69) is 106 Å². The van der Waals surface area contributed by atoms with Crippen LogP contribution in [-0.4, -0.2) is 37.2 Å². The van der Waals surface area contributed by atoms with Gasteiger partial charge in [0, 0.05) is 19.3 Å². The predicted molar refractivity (Wildman–Crippen MR) is 261 cm³/mol. The lowest BCUT2D eigenvalue weighted by Crippen LogP contribution is -2.30. The van der Waals surface area contributed by atoms with Gasteiger partial charge in [0.15, 0.2) is 6.10 Å². The van der Waals surface area contributed by atoms with E-state index in [4.69, 9.17) is 14.2 Å². The molecule has 0 radical (unpaired) electrons. The van der Waals surface area contributed by atoms with Gasteiger partial charge in [-0.05, 0) is 103 Å². The Hall–Kier alpha value is -3.41. The van der Waals surface area contributed by atoms with Crippen LogP contribution < -0.4 is 0 Å². The molecule has 0 aliphatic heterocycles. The third kappa shape index (κ3) is 47.5. The highest BCUT2D eigenvalue weighted by atomic mass is 16.6. The number of carbonyl (C=O) groups is 3. The minimum absolute atomic E-state index is 0.0947. The summed E-state index contributed by atoms with van der Waals surface area (Å²) < 4.78 is 16.8. The Bertz CT molecular complexity index is 1200. The van der Waals surface area contributed by atoms with Gasteiger partial charge < -0.3 is 14.2 Å². The Labute approximate surface area is 375 Å². The van der Waals surface area contributed by atoms with E-state index in [0.717, 1.165) is 116 Å². The SMILES string of the molecule is CC/C=C\C/C=C\C/C=C\CCCCCCC(=O)OC(COC(=O)CCCCCCCC/C=C\C=C/CCCCC)COC(=O)CCCCCCCCC/C=C\C/C=C\CC. The van der Waals surface area contributed by atoms with Crippen LogP contribution >= 0.6 is 0 Å². The topological polar surface area (TPSA) is 78.9 Å². The highest BCUT2D eigenvalue weighted by Gasteiger charge is 2.19. The van der Waals surface area contributed by atoms with Crippen molar-refractivity contribution in [3.05, 3.63) is 85.1 Å². The van der Waals surface area contributed by atoms with Crippen molar-refractivity contribution >= 4 is 17.9 Å². The zero-order chi connectivity index (χ0) is 44.4. The molecular weight excluding hydrogens is 757 g/mol.